The van der Waals surface area contributed by atoms with E-state index in [1.165, 1.54) is 25.3 Å². The van der Waals surface area contributed by atoms with Gasteiger partial charge in [0.2, 0.25) is 0 Å². The summed E-state index contributed by atoms with van der Waals surface area (Å²) in [6.07, 6.45) is -4.55. The van der Waals surface area contributed by atoms with Crippen LogP contribution in [0, 0.1) is 6.92 Å². The van der Waals surface area contributed by atoms with E-state index in [9.17, 15) is 18.0 Å². The fourth-order valence-corrected chi connectivity index (χ4v) is 2.23. The maximum absolute atomic E-state index is 12.9. The van der Waals surface area contributed by atoms with Crippen LogP contribution in [0.2, 0.25) is 0 Å². The average molecular weight is 368 g/mol. The average Bonchev–Trinajstić information content (AvgIpc) is 2.59. The molecule has 0 aliphatic heterocycles. The van der Waals surface area contributed by atoms with Crippen LogP contribution in [0.15, 0.2) is 42.5 Å². The number of ether oxygens (including phenoxy) is 2. The zero-order valence-electron chi connectivity index (χ0n) is 14.3. The van der Waals surface area contributed by atoms with Crippen molar-refractivity contribution in [1.82, 2.24) is 5.32 Å². The Morgan fingerprint density at radius 1 is 1.12 bits per heavy atom. The Labute approximate surface area is 149 Å². The van der Waals surface area contributed by atoms with Crippen LogP contribution in [0.4, 0.5) is 23.7 Å². The van der Waals surface area contributed by atoms with E-state index in [1.807, 2.05) is 19.1 Å². The van der Waals surface area contributed by atoms with Crippen LogP contribution in [0.3, 0.4) is 0 Å². The third-order valence-electron chi connectivity index (χ3n) is 3.44. The van der Waals surface area contributed by atoms with Gasteiger partial charge in [-0.1, -0.05) is 18.2 Å². The van der Waals surface area contributed by atoms with E-state index < -0.39 is 17.8 Å². The van der Waals surface area contributed by atoms with Crippen molar-refractivity contribution in [3.05, 3.63) is 53.6 Å². The summed E-state index contributed by atoms with van der Waals surface area (Å²) in [5.74, 6) is 1.08. The molecule has 0 aliphatic carbocycles. The highest BCUT2D eigenvalue weighted by Gasteiger charge is 2.33. The molecule has 0 bridgehead atoms. The molecule has 2 aromatic carbocycles. The van der Waals surface area contributed by atoms with Gasteiger partial charge in [-0.15, -0.1) is 0 Å². The van der Waals surface area contributed by atoms with E-state index in [-0.39, 0.29) is 18.8 Å². The number of anilines is 1. The van der Waals surface area contributed by atoms with Crippen molar-refractivity contribution in [2.24, 2.45) is 0 Å². The minimum atomic E-state index is -4.55. The van der Waals surface area contributed by atoms with Gasteiger partial charge in [-0.2, -0.15) is 13.2 Å². The van der Waals surface area contributed by atoms with Gasteiger partial charge < -0.3 is 20.1 Å². The first-order valence-electron chi connectivity index (χ1n) is 7.80. The van der Waals surface area contributed by atoms with Crippen molar-refractivity contribution in [1.29, 1.82) is 0 Å². The summed E-state index contributed by atoms with van der Waals surface area (Å²) < 4.78 is 49.4. The van der Waals surface area contributed by atoms with Crippen LogP contribution in [-0.4, -0.2) is 26.3 Å². The highest BCUT2D eigenvalue weighted by molar-refractivity contribution is 5.90. The van der Waals surface area contributed by atoms with Crippen LogP contribution in [0.1, 0.15) is 11.1 Å². The first-order valence-corrected chi connectivity index (χ1v) is 7.80. The van der Waals surface area contributed by atoms with E-state index in [0.29, 0.717) is 11.5 Å². The maximum Gasteiger partial charge on any atom is 0.418 e. The molecule has 5 nitrogen and oxygen atoms in total. The summed E-state index contributed by atoms with van der Waals surface area (Å²) in [6.45, 7) is 2.15. The number of benzene rings is 2. The van der Waals surface area contributed by atoms with E-state index in [4.69, 9.17) is 9.47 Å². The first-order chi connectivity index (χ1) is 12.3. The number of alkyl halides is 3. The Morgan fingerprint density at radius 2 is 1.85 bits per heavy atom. The fourth-order valence-electron chi connectivity index (χ4n) is 2.23. The van der Waals surface area contributed by atoms with E-state index in [2.05, 4.69) is 10.6 Å². The molecule has 0 saturated carbocycles. The molecule has 2 amide bonds. The molecule has 140 valence electrons. The van der Waals surface area contributed by atoms with Crippen molar-refractivity contribution >= 4 is 11.7 Å². The van der Waals surface area contributed by atoms with Gasteiger partial charge in [0, 0.05) is 0 Å². The molecule has 0 saturated heterocycles. The number of nitrogens with one attached hydrogen (secondary N) is 2. The van der Waals surface area contributed by atoms with Crippen molar-refractivity contribution in [2.45, 2.75) is 13.1 Å². The monoisotopic (exact) mass is 368 g/mol. The van der Waals surface area contributed by atoms with Gasteiger partial charge in [-0.25, -0.2) is 4.79 Å². The van der Waals surface area contributed by atoms with Crippen molar-refractivity contribution in [3.63, 3.8) is 0 Å². The number of hydrogen-bond donors (Lipinski definition) is 2. The summed E-state index contributed by atoms with van der Waals surface area (Å²) in [6, 6.07) is 9.43. The second kappa shape index (κ2) is 8.46. The predicted molar refractivity (Wildman–Crippen MR) is 91.7 cm³/mol. The van der Waals surface area contributed by atoms with Gasteiger partial charge in [0.1, 0.15) is 6.61 Å². The normalized spacial score (nSPS) is 11.0. The van der Waals surface area contributed by atoms with Gasteiger partial charge in [0.05, 0.1) is 24.9 Å². The van der Waals surface area contributed by atoms with Gasteiger partial charge in [-0.3, -0.25) is 0 Å². The van der Waals surface area contributed by atoms with Crippen molar-refractivity contribution in [3.8, 4) is 11.5 Å². The third kappa shape index (κ3) is 5.30. The predicted octanol–water partition coefficient (Wildman–Crippen LogP) is 4.22. The van der Waals surface area contributed by atoms with Crippen molar-refractivity contribution < 1.29 is 27.4 Å². The van der Waals surface area contributed by atoms with Crippen LogP contribution < -0.4 is 20.1 Å². The Kier molecular flexibility index (Phi) is 6.32. The lowest BCUT2D eigenvalue weighted by atomic mass is 10.1. The molecule has 0 heterocycles. The Morgan fingerprint density at radius 3 is 2.54 bits per heavy atom. The topological polar surface area (TPSA) is 59.6 Å². The zero-order valence-corrected chi connectivity index (χ0v) is 14.3. The number of urea groups is 1. The number of hydrogen-bond acceptors (Lipinski definition) is 3. The lowest BCUT2D eigenvalue weighted by Crippen LogP contribution is -2.32. The maximum atomic E-state index is 12.9. The van der Waals surface area contributed by atoms with E-state index in [1.54, 1.807) is 6.07 Å². The quantitative estimate of drug-likeness (QED) is 0.751. The molecule has 0 fully saturated rings. The number of amides is 2. The lowest BCUT2D eigenvalue weighted by molar-refractivity contribution is -0.136. The summed E-state index contributed by atoms with van der Waals surface area (Å²) in [4.78, 5) is 11.8. The molecule has 26 heavy (non-hydrogen) atoms. The molecule has 8 heteroatoms. The van der Waals surface area contributed by atoms with Gasteiger partial charge in [0.25, 0.3) is 0 Å². The summed E-state index contributed by atoms with van der Waals surface area (Å²) in [5, 5.41) is 4.64. The van der Waals surface area contributed by atoms with Crippen LogP contribution >= 0.6 is 0 Å². The van der Waals surface area contributed by atoms with Gasteiger partial charge in [0.15, 0.2) is 11.5 Å². The SMILES string of the molecule is COc1cc(C)ccc1OCCNC(=O)Nc1ccccc1C(F)(F)F. The van der Waals surface area contributed by atoms with E-state index in [0.717, 1.165) is 11.6 Å². The number of halogens is 3. The largest absolute Gasteiger partial charge is 0.493 e. The van der Waals surface area contributed by atoms with Gasteiger partial charge >= 0.3 is 12.2 Å². The number of aryl methyl sites for hydroxylation is 1. The highest BCUT2D eigenvalue weighted by atomic mass is 19.4. The number of methoxy groups -OCH3 is 1. The second-order valence-electron chi connectivity index (χ2n) is 5.43. The molecular weight excluding hydrogens is 349 g/mol. The molecule has 0 aromatic heterocycles. The number of carbonyl (C=O) groups is 1. The molecule has 0 radical (unpaired) electrons. The van der Waals surface area contributed by atoms with Crippen LogP contribution in [0.5, 0.6) is 11.5 Å². The molecule has 0 atom stereocenters. The minimum Gasteiger partial charge on any atom is -0.493 e. The van der Waals surface area contributed by atoms with Crippen LogP contribution in [0.25, 0.3) is 0 Å². The molecule has 0 unspecified atom stereocenters. The number of carbonyl (C=O) groups excluding carboxylic acids is 1. The van der Waals surface area contributed by atoms with E-state index >= 15 is 0 Å². The number of rotatable bonds is 6. The first kappa shape index (κ1) is 19.4. The fraction of sp³-hybridized carbons (Fsp3) is 0.278. The van der Waals surface area contributed by atoms with Crippen LogP contribution in [-0.2, 0) is 6.18 Å². The zero-order chi connectivity index (χ0) is 19.2. The standard InChI is InChI=1S/C18H19F3N2O3/c1-12-7-8-15(16(11-12)25-2)26-10-9-22-17(24)23-14-6-4-3-5-13(14)18(19,20)21/h3-8,11H,9-10H2,1-2H3,(H2,22,23,24). The smallest absolute Gasteiger partial charge is 0.418 e. The minimum absolute atomic E-state index is 0.108. The summed E-state index contributed by atoms with van der Waals surface area (Å²) >= 11 is 0. The Balaban J connectivity index is 1.85. The molecular formula is C18H19F3N2O3. The molecule has 2 aromatic rings. The highest BCUT2D eigenvalue weighted by Crippen LogP contribution is 2.34. The Bertz CT molecular complexity index is 764. The molecule has 2 rings (SSSR count). The lowest BCUT2D eigenvalue weighted by Gasteiger charge is -2.14. The summed E-state index contributed by atoms with van der Waals surface area (Å²) in [5.41, 5.74) is -0.204. The molecule has 2 N–H and O–H groups in total. The Hall–Kier alpha value is -2.90. The van der Waals surface area contributed by atoms with Gasteiger partial charge in [-0.05, 0) is 36.8 Å². The summed E-state index contributed by atoms with van der Waals surface area (Å²) in [7, 11) is 1.52. The molecule has 0 spiro atoms. The molecule has 0 aliphatic rings. The van der Waals surface area contributed by atoms with Crippen molar-refractivity contribution in [2.75, 3.05) is 25.6 Å². The second-order valence-corrected chi connectivity index (χ2v) is 5.43. The number of para-hydroxylation sites is 1. The third-order valence-corrected chi connectivity index (χ3v) is 3.44.